The van der Waals surface area contributed by atoms with Crippen LogP contribution in [0.2, 0.25) is 0 Å². The van der Waals surface area contributed by atoms with E-state index in [0.717, 1.165) is 5.56 Å². The molecule has 1 aliphatic heterocycles. The van der Waals surface area contributed by atoms with Crippen LogP contribution in [0.4, 0.5) is 5.95 Å². The van der Waals surface area contributed by atoms with E-state index >= 15 is 0 Å². The first kappa shape index (κ1) is 18.8. The lowest BCUT2D eigenvalue weighted by Gasteiger charge is -2.35. The SMILES string of the molecule is CC(=O)N(CCC(=O)N1CCN(c2ncccn2)CC1)Cc1ccncc1. The zero-order valence-electron chi connectivity index (χ0n) is 15.5. The highest BCUT2D eigenvalue weighted by Crippen LogP contribution is 2.11. The van der Waals surface area contributed by atoms with E-state index in [4.69, 9.17) is 0 Å². The van der Waals surface area contributed by atoms with Gasteiger partial charge in [-0.1, -0.05) is 0 Å². The minimum Gasteiger partial charge on any atom is -0.339 e. The molecule has 0 spiro atoms. The molecule has 0 saturated carbocycles. The summed E-state index contributed by atoms with van der Waals surface area (Å²) in [6, 6.07) is 5.54. The molecule has 2 aromatic rings. The van der Waals surface area contributed by atoms with Crippen LogP contribution in [-0.4, -0.2) is 69.3 Å². The van der Waals surface area contributed by atoms with E-state index in [1.54, 1.807) is 35.8 Å². The van der Waals surface area contributed by atoms with E-state index in [1.807, 2.05) is 17.0 Å². The number of rotatable bonds is 6. The summed E-state index contributed by atoms with van der Waals surface area (Å²) in [5.74, 6) is 0.736. The minimum absolute atomic E-state index is 0.0364. The molecule has 1 fully saturated rings. The van der Waals surface area contributed by atoms with Crippen molar-refractivity contribution >= 4 is 17.8 Å². The number of amides is 2. The molecule has 8 heteroatoms. The lowest BCUT2D eigenvalue weighted by atomic mass is 10.2. The molecule has 0 radical (unpaired) electrons. The largest absolute Gasteiger partial charge is 0.339 e. The Morgan fingerprint density at radius 2 is 1.70 bits per heavy atom. The maximum atomic E-state index is 12.5. The van der Waals surface area contributed by atoms with Gasteiger partial charge in [0, 0.05) is 77.4 Å². The second-order valence-electron chi connectivity index (χ2n) is 6.46. The van der Waals surface area contributed by atoms with E-state index in [1.165, 1.54) is 6.92 Å². The summed E-state index contributed by atoms with van der Waals surface area (Å²) in [6.45, 7) is 5.14. The van der Waals surface area contributed by atoms with Crippen molar-refractivity contribution in [2.75, 3.05) is 37.6 Å². The van der Waals surface area contributed by atoms with Crippen molar-refractivity contribution in [2.45, 2.75) is 19.9 Å². The number of pyridine rings is 1. The van der Waals surface area contributed by atoms with Gasteiger partial charge in [0.2, 0.25) is 17.8 Å². The van der Waals surface area contributed by atoms with Gasteiger partial charge in [0.05, 0.1) is 0 Å². The molecule has 0 N–H and O–H groups in total. The van der Waals surface area contributed by atoms with Gasteiger partial charge < -0.3 is 14.7 Å². The summed E-state index contributed by atoms with van der Waals surface area (Å²) >= 11 is 0. The molecule has 2 aromatic heterocycles. The normalized spacial score (nSPS) is 14.1. The predicted octanol–water partition coefficient (Wildman–Crippen LogP) is 0.959. The number of aromatic nitrogens is 3. The Kier molecular flexibility index (Phi) is 6.30. The molecule has 1 saturated heterocycles. The van der Waals surface area contributed by atoms with Gasteiger partial charge in [-0.2, -0.15) is 0 Å². The number of carbonyl (C=O) groups is 2. The number of nitrogens with zero attached hydrogens (tertiary/aromatic N) is 6. The van der Waals surface area contributed by atoms with Crippen LogP contribution >= 0.6 is 0 Å². The maximum Gasteiger partial charge on any atom is 0.225 e. The third-order valence-corrected chi connectivity index (χ3v) is 4.63. The topological polar surface area (TPSA) is 82.5 Å². The molecule has 0 unspecified atom stereocenters. The molecule has 8 nitrogen and oxygen atoms in total. The van der Waals surface area contributed by atoms with Crippen LogP contribution in [0.25, 0.3) is 0 Å². The summed E-state index contributed by atoms with van der Waals surface area (Å²) < 4.78 is 0. The Balaban J connectivity index is 1.48. The Morgan fingerprint density at radius 1 is 1.04 bits per heavy atom. The van der Waals surface area contributed by atoms with Crippen molar-refractivity contribution in [3.05, 3.63) is 48.5 Å². The molecule has 3 heterocycles. The maximum absolute atomic E-state index is 12.5. The summed E-state index contributed by atoms with van der Waals surface area (Å²) in [7, 11) is 0. The third-order valence-electron chi connectivity index (χ3n) is 4.63. The molecule has 0 aromatic carbocycles. The van der Waals surface area contributed by atoms with Gasteiger partial charge in [-0.05, 0) is 23.8 Å². The lowest BCUT2D eigenvalue weighted by Crippen LogP contribution is -2.49. The summed E-state index contributed by atoms with van der Waals surface area (Å²) in [4.78, 5) is 42.6. The molecular weight excluding hydrogens is 344 g/mol. The van der Waals surface area contributed by atoms with Gasteiger partial charge >= 0.3 is 0 Å². The third kappa shape index (κ3) is 5.22. The molecule has 1 aliphatic rings. The van der Waals surface area contributed by atoms with E-state index in [-0.39, 0.29) is 11.8 Å². The lowest BCUT2D eigenvalue weighted by molar-refractivity contribution is -0.134. The van der Waals surface area contributed by atoms with Crippen molar-refractivity contribution in [1.29, 1.82) is 0 Å². The summed E-state index contributed by atoms with van der Waals surface area (Å²) in [6.07, 6.45) is 7.17. The fourth-order valence-corrected chi connectivity index (χ4v) is 3.06. The average Bonchev–Trinajstić information content (AvgIpc) is 2.72. The van der Waals surface area contributed by atoms with Crippen molar-refractivity contribution in [3.8, 4) is 0 Å². The van der Waals surface area contributed by atoms with Crippen LogP contribution in [0.3, 0.4) is 0 Å². The molecule has 0 aliphatic carbocycles. The summed E-state index contributed by atoms with van der Waals surface area (Å²) in [5.41, 5.74) is 1.00. The van der Waals surface area contributed by atoms with Gasteiger partial charge in [-0.25, -0.2) is 9.97 Å². The monoisotopic (exact) mass is 368 g/mol. The van der Waals surface area contributed by atoms with Crippen LogP contribution in [0.15, 0.2) is 43.0 Å². The van der Waals surface area contributed by atoms with Crippen LogP contribution in [0.1, 0.15) is 18.9 Å². The standard InChI is InChI=1S/C19H24N6O2/c1-16(26)25(15-17-3-8-20-9-4-17)10-5-18(27)23-11-13-24(14-12-23)19-21-6-2-7-22-19/h2-4,6-9H,5,10-15H2,1H3. The van der Waals surface area contributed by atoms with Crippen LogP contribution in [0, 0.1) is 0 Å². The quantitative estimate of drug-likeness (QED) is 0.755. The molecule has 27 heavy (non-hydrogen) atoms. The van der Waals surface area contributed by atoms with Crippen molar-refractivity contribution in [2.24, 2.45) is 0 Å². The second-order valence-corrected chi connectivity index (χ2v) is 6.46. The van der Waals surface area contributed by atoms with Crippen molar-refractivity contribution < 1.29 is 9.59 Å². The number of piperazine rings is 1. The number of anilines is 1. The van der Waals surface area contributed by atoms with Crippen LogP contribution in [0.5, 0.6) is 0 Å². The fraction of sp³-hybridized carbons (Fsp3) is 0.421. The average molecular weight is 368 g/mol. The molecule has 2 amide bonds. The first-order chi connectivity index (χ1) is 13.1. The zero-order chi connectivity index (χ0) is 19.1. The van der Waals surface area contributed by atoms with Crippen LogP contribution < -0.4 is 4.90 Å². The minimum atomic E-state index is -0.0364. The Labute approximate surface area is 158 Å². The Morgan fingerprint density at radius 3 is 2.33 bits per heavy atom. The highest BCUT2D eigenvalue weighted by Gasteiger charge is 2.23. The molecule has 3 rings (SSSR count). The van der Waals surface area contributed by atoms with Gasteiger partial charge in [0.1, 0.15) is 0 Å². The number of hydrogen-bond donors (Lipinski definition) is 0. The highest BCUT2D eigenvalue weighted by molar-refractivity contribution is 5.78. The van der Waals surface area contributed by atoms with Crippen molar-refractivity contribution in [3.63, 3.8) is 0 Å². The zero-order valence-corrected chi connectivity index (χ0v) is 15.5. The highest BCUT2D eigenvalue weighted by atomic mass is 16.2. The molecule has 142 valence electrons. The fourth-order valence-electron chi connectivity index (χ4n) is 3.06. The molecule has 0 atom stereocenters. The van der Waals surface area contributed by atoms with Gasteiger partial charge in [0.25, 0.3) is 0 Å². The first-order valence-corrected chi connectivity index (χ1v) is 9.07. The molecular formula is C19H24N6O2. The van der Waals surface area contributed by atoms with E-state index in [2.05, 4.69) is 19.9 Å². The predicted molar refractivity (Wildman–Crippen MR) is 101 cm³/mol. The van der Waals surface area contributed by atoms with Crippen LogP contribution in [-0.2, 0) is 16.1 Å². The number of hydrogen-bond acceptors (Lipinski definition) is 6. The Bertz CT molecular complexity index is 747. The second kappa shape index (κ2) is 9.07. The van der Waals surface area contributed by atoms with E-state index in [9.17, 15) is 9.59 Å². The number of carbonyl (C=O) groups excluding carboxylic acids is 2. The Hall–Kier alpha value is -3.03. The van der Waals surface area contributed by atoms with E-state index in [0.29, 0.717) is 51.6 Å². The smallest absolute Gasteiger partial charge is 0.225 e. The summed E-state index contributed by atoms with van der Waals surface area (Å²) in [5, 5.41) is 0. The van der Waals surface area contributed by atoms with Gasteiger partial charge in [0.15, 0.2) is 0 Å². The van der Waals surface area contributed by atoms with Gasteiger partial charge in [-0.15, -0.1) is 0 Å². The first-order valence-electron chi connectivity index (χ1n) is 9.07. The van der Waals surface area contributed by atoms with Crippen molar-refractivity contribution in [1.82, 2.24) is 24.8 Å². The molecule has 0 bridgehead atoms. The van der Waals surface area contributed by atoms with Gasteiger partial charge in [-0.3, -0.25) is 14.6 Å². The van der Waals surface area contributed by atoms with E-state index < -0.39 is 0 Å².